The second kappa shape index (κ2) is 5.28. The smallest absolute Gasteiger partial charge is 0.319 e. The fourth-order valence-electron chi connectivity index (χ4n) is 2.16. The van der Waals surface area contributed by atoms with Gasteiger partial charge in [-0.05, 0) is 49.9 Å². The molecule has 5 heteroatoms. The van der Waals surface area contributed by atoms with Gasteiger partial charge in [-0.25, -0.2) is 4.79 Å². The van der Waals surface area contributed by atoms with Crippen LogP contribution in [-0.2, 0) is 0 Å². The Hall–Kier alpha value is -1.73. The van der Waals surface area contributed by atoms with Gasteiger partial charge in [-0.3, -0.25) is 0 Å². The number of nitrogens with one attached hydrogen (secondary N) is 2. The summed E-state index contributed by atoms with van der Waals surface area (Å²) in [6.45, 7) is 0. The van der Waals surface area contributed by atoms with Crippen LogP contribution < -0.4 is 10.6 Å². The minimum atomic E-state index is -0.698. The van der Waals surface area contributed by atoms with Crippen molar-refractivity contribution in [3.05, 3.63) is 29.3 Å². The molecular weight excluding hydrogens is 250 g/mol. The molecule has 0 saturated heterocycles. The highest BCUT2D eigenvalue weighted by atomic mass is 35.5. The quantitative estimate of drug-likeness (QED) is 0.860. The molecule has 4 nitrogen and oxygen atoms in total. The van der Waals surface area contributed by atoms with Crippen LogP contribution in [0.2, 0.25) is 5.02 Å². The number of hydrogen-bond donors (Lipinski definition) is 2. The van der Waals surface area contributed by atoms with Crippen molar-refractivity contribution in [3.8, 4) is 6.07 Å². The van der Waals surface area contributed by atoms with Crippen molar-refractivity contribution in [2.24, 2.45) is 0 Å². The van der Waals surface area contributed by atoms with Crippen LogP contribution in [-0.4, -0.2) is 11.6 Å². The second-order valence-electron chi connectivity index (χ2n) is 4.49. The lowest BCUT2D eigenvalue weighted by molar-refractivity contribution is 0.244. The monoisotopic (exact) mass is 263 g/mol. The van der Waals surface area contributed by atoms with Gasteiger partial charge in [0.15, 0.2) is 0 Å². The van der Waals surface area contributed by atoms with Gasteiger partial charge >= 0.3 is 6.03 Å². The number of rotatable bonds is 2. The molecule has 1 fully saturated rings. The van der Waals surface area contributed by atoms with Crippen molar-refractivity contribution in [1.29, 1.82) is 5.26 Å². The van der Waals surface area contributed by atoms with Gasteiger partial charge in [-0.1, -0.05) is 11.6 Å². The summed E-state index contributed by atoms with van der Waals surface area (Å²) in [7, 11) is 0. The maximum atomic E-state index is 11.8. The molecule has 2 rings (SSSR count). The highest BCUT2D eigenvalue weighted by molar-refractivity contribution is 6.30. The highest BCUT2D eigenvalue weighted by Crippen LogP contribution is 2.28. The summed E-state index contributed by atoms with van der Waals surface area (Å²) in [5.41, 5.74) is -0.0424. The summed E-state index contributed by atoms with van der Waals surface area (Å²) >= 11 is 5.76. The fourth-order valence-corrected chi connectivity index (χ4v) is 2.28. The number of hydrogen-bond acceptors (Lipinski definition) is 2. The van der Waals surface area contributed by atoms with Crippen molar-refractivity contribution in [2.45, 2.75) is 31.2 Å². The number of nitrogens with zero attached hydrogens (tertiary/aromatic N) is 1. The van der Waals surface area contributed by atoms with Crippen LogP contribution in [0.3, 0.4) is 0 Å². The molecule has 1 aromatic rings. The molecule has 0 radical (unpaired) electrons. The Morgan fingerprint density at radius 3 is 2.44 bits per heavy atom. The van der Waals surface area contributed by atoms with E-state index < -0.39 is 5.54 Å². The Morgan fingerprint density at radius 2 is 1.89 bits per heavy atom. The number of benzene rings is 1. The van der Waals surface area contributed by atoms with Crippen LogP contribution >= 0.6 is 11.6 Å². The first-order chi connectivity index (χ1) is 8.63. The topological polar surface area (TPSA) is 64.9 Å². The molecule has 18 heavy (non-hydrogen) atoms. The van der Waals surface area contributed by atoms with E-state index in [1.165, 1.54) is 0 Å². The largest absolute Gasteiger partial charge is 0.320 e. The normalized spacial score (nSPS) is 16.9. The highest BCUT2D eigenvalue weighted by Gasteiger charge is 2.35. The zero-order chi connectivity index (χ0) is 13.0. The van der Waals surface area contributed by atoms with E-state index in [1.54, 1.807) is 24.3 Å². The Kier molecular flexibility index (Phi) is 3.73. The third-order valence-corrected chi connectivity index (χ3v) is 3.38. The van der Waals surface area contributed by atoms with E-state index in [-0.39, 0.29) is 6.03 Å². The second-order valence-corrected chi connectivity index (χ2v) is 4.92. The molecule has 0 heterocycles. The third kappa shape index (κ3) is 2.93. The van der Waals surface area contributed by atoms with Crippen LogP contribution in [0.25, 0.3) is 0 Å². The average molecular weight is 264 g/mol. The summed E-state index contributed by atoms with van der Waals surface area (Å²) in [6, 6.07) is 8.70. The summed E-state index contributed by atoms with van der Waals surface area (Å²) in [4.78, 5) is 11.8. The fraction of sp³-hybridized carbons (Fsp3) is 0.385. The number of urea groups is 1. The first kappa shape index (κ1) is 12.7. The van der Waals surface area contributed by atoms with Crippen molar-refractivity contribution in [1.82, 2.24) is 5.32 Å². The molecule has 94 valence electrons. The molecule has 1 saturated carbocycles. The number of halogens is 1. The average Bonchev–Trinajstić information content (AvgIpc) is 2.81. The van der Waals surface area contributed by atoms with Crippen molar-refractivity contribution >= 4 is 23.3 Å². The van der Waals surface area contributed by atoms with E-state index in [2.05, 4.69) is 16.7 Å². The zero-order valence-electron chi connectivity index (χ0n) is 9.87. The molecule has 0 unspecified atom stereocenters. The molecule has 0 aliphatic heterocycles. The molecular formula is C13H14ClN3O. The summed E-state index contributed by atoms with van der Waals surface area (Å²) in [5.74, 6) is 0. The van der Waals surface area contributed by atoms with Crippen molar-refractivity contribution in [3.63, 3.8) is 0 Å². The molecule has 0 atom stereocenters. The van der Waals surface area contributed by atoms with Crippen LogP contribution in [0.1, 0.15) is 25.7 Å². The van der Waals surface area contributed by atoms with E-state index in [4.69, 9.17) is 16.9 Å². The summed E-state index contributed by atoms with van der Waals surface area (Å²) in [6.07, 6.45) is 3.40. The third-order valence-electron chi connectivity index (χ3n) is 3.13. The maximum Gasteiger partial charge on any atom is 0.320 e. The van der Waals surface area contributed by atoms with Crippen LogP contribution in [0.15, 0.2) is 24.3 Å². The summed E-state index contributed by atoms with van der Waals surface area (Å²) < 4.78 is 0. The molecule has 1 aliphatic rings. The zero-order valence-corrected chi connectivity index (χ0v) is 10.6. The lowest BCUT2D eigenvalue weighted by atomic mass is 10.0. The SMILES string of the molecule is N#CC1(NC(=O)Nc2ccc(Cl)cc2)CCCC1. The number of carbonyl (C=O) groups excluding carboxylic acids is 1. The predicted molar refractivity (Wildman–Crippen MR) is 70.4 cm³/mol. The number of anilines is 1. The van der Waals surface area contributed by atoms with Gasteiger partial charge in [0, 0.05) is 10.7 Å². The van der Waals surface area contributed by atoms with Crippen molar-refractivity contribution < 1.29 is 4.79 Å². The van der Waals surface area contributed by atoms with Gasteiger partial charge in [-0.2, -0.15) is 5.26 Å². The van der Waals surface area contributed by atoms with Gasteiger partial charge in [0.25, 0.3) is 0 Å². The van der Waals surface area contributed by atoms with Gasteiger partial charge in [0.1, 0.15) is 5.54 Å². The lowest BCUT2D eigenvalue weighted by Gasteiger charge is -2.22. The molecule has 0 aromatic heterocycles. The molecule has 0 bridgehead atoms. The van der Waals surface area contributed by atoms with E-state index in [9.17, 15) is 4.79 Å². The Labute approximate surface area is 111 Å². The Balaban J connectivity index is 1.96. The van der Waals surface area contributed by atoms with E-state index in [0.717, 1.165) is 25.7 Å². The molecule has 0 spiro atoms. The lowest BCUT2D eigenvalue weighted by Crippen LogP contribution is -2.47. The number of amides is 2. The first-order valence-electron chi connectivity index (χ1n) is 5.90. The Bertz CT molecular complexity index is 472. The summed E-state index contributed by atoms with van der Waals surface area (Å²) in [5, 5.41) is 15.2. The van der Waals surface area contributed by atoms with E-state index >= 15 is 0 Å². The minimum Gasteiger partial charge on any atom is -0.319 e. The van der Waals surface area contributed by atoms with Crippen LogP contribution in [0.5, 0.6) is 0 Å². The Morgan fingerprint density at radius 1 is 1.28 bits per heavy atom. The maximum absolute atomic E-state index is 11.8. The first-order valence-corrected chi connectivity index (χ1v) is 6.27. The molecule has 1 aliphatic carbocycles. The number of carbonyl (C=O) groups is 1. The minimum absolute atomic E-state index is 0.347. The van der Waals surface area contributed by atoms with Gasteiger partial charge in [-0.15, -0.1) is 0 Å². The van der Waals surface area contributed by atoms with Gasteiger partial charge < -0.3 is 10.6 Å². The predicted octanol–water partition coefficient (Wildman–Crippen LogP) is 3.30. The van der Waals surface area contributed by atoms with Crippen LogP contribution in [0, 0.1) is 11.3 Å². The van der Waals surface area contributed by atoms with Gasteiger partial charge in [0.05, 0.1) is 6.07 Å². The molecule has 2 amide bonds. The van der Waals surface area contributed by atoms with Crippen molar-refractivity contribution in [2.75, 3.05) is 5.32 Å². The van der Waals surface area contributed by atoms with Crippen LogP contribution in [0.4, 0.5) is 10.5 Å². The standard InChI is InChI=1S/C13H14ClN3O/c14-10-3-5-11(6-4-10)16-12(18)17-13(9-15)7-1-2-8-13/h3-6H,1-2,7-8H2,(H2,16,17,18). The number of nitriles is 1. The molecule has 1 aromatic carbocycles. The van der Waals surface area contributed by atoms with E-state index in [1.807, 2.05) is 0 Å². The van der Waals surface area contributed by atoms with E-state index in [0.29, 0.717) is 10.7 Å². The van der Waals surface area contributed by atoms with Gasteiger partial charge in [0.2, 0.25) is 0 Å². The molecule has 2 N–H and O–H groups in total.